The predicted octanol–water partition coefficient (Wildman–Crippen LogP) is 0.0974. The van der Waals surface area contributed by atoms with Gasteiger partial charge in [-0.2, -0.15) is 10.0 Å². The van der Waals surface area contributed by atoms with Crippen LogP contribution in [0.25, 0.3) is 0 Å². The molecular weight excluding hydrogens is 1890 g/mol. The SMILES string of the molecule is C=C1N=C(N)C(C)=CN1C1OC(CCP(=C)(C)C)C(O)C1O.C=C1N=C(N)C(I)=CN1C1OC(CCP(=C)(C)C)C(O)C1O.C=C1N=C(N)C=CN1C1OC(CCP(=C)(C)C)C(O)C1O.C=C1N=C(N)C=NN1C1OC(CCP(=C)(C)C)C(O)C1O.C=C1NC(N)=NC=C1C1OC(CCP(=C)(C)C)C(O)C1O.C=C1NC(N)[N+](C)=CN1C1OC(CCP(=C)(C)C)C(O)C1O. The van der Waals surface area contributed by atoms with Crippen LogP contribution in [0.2, 0.25) is 0 Å². The number of ether oxygens (including phenoxy) is 6. The zero-order valence-corrected chi connectivity index (χ0v) is 84.7. The molecule has 129 heavy (non-hydrogen) atoms. The van der Waals surface area contributed by atoms with E-state index in [-0.39, 0.29) is 23.9 Å². The third kappa shape index (κ3) is 31.5. The molecule has 0 aromatic rings. The van der Waals surface area contributed by atoms with Crippen LogP contribution in [-0.4, -0.2) is 448 Å². The number of aliphatic imine (C=N–C) groups is 5. The highest BCUT2D eigenvalue weighted by Crippen LogP contribution is 2.46. The predicted molar refractivity (Wildman–Crippen MR) is 547 cm³/mol. The number of amidine groups is 4. The van der Waals surface area contributed by atoms with Crippen LogP contribution in [0.15, 0.2) is 150 Å². The Labute approximate surface area is 775 Å². The summed E-state index contributed by atoms with van der Waals surface area (Å²) >= 11 is 2.06. The summed E-state index contributed by atoms with van der Waals surface area (Å²) in [6.45, 7) is 43.2. The Kier molecular flexibility index (Phi) is 39.3. The van der Waals surface area contributed by atoms with Gasteiger partial charge in [-0.25, -0.2) is 34.5 Å². The first-order valence-electron chi connectivity index (χ1n) is 42.1. The molecular formula is C84H148IN20O18P6+. The number of guanidine groups is 1. The molecule has 25 unspecified atom stereocenters. The summed E-state index contributed by atoms with van der Waals surface area (Å²) in [5.41, 5.74) is 35.9. The molecule has 25 atom stereocenters. The highest BCUT2D eigenvalue weighted by Gasteiger charge is 2.53. The van der Waals surface area contributed by atoms with E-state index in [1.165, 1.54) is 17.4 Å². The number of hydrogen-bond acceptors (Lipinski definition) is 37. The second kappa shape index (κ2) is 45.9. The maximum atomic E-state index is 10.3. The molecule has 38 nitrogen and oxygen atoms in total. The van der Waals surface area contributed by atoms with Crippen molar-refractivity contribution in [3.63, 3.8) is 0 Å². The first-order valence-corrected chi connectivity index (χ1v) is 61.5. The van der Waals surface area contributed by atoms with Crippen molar-refractivity contribution in [1.29, 1.82) is 0 Å². The molecule has 0 saturated carbocycles. The maximum absolute atomic E-state index is 10.3. The van der Waals surface area contributed by atoms with Crippen molar-refractivity contribution in [3.8, 4) is 0 Å². The Bertz CT molecular complexity index is 4480. The average molecular weight is 2040 g/mol. The lowest BCUT2D eigenvalue weighted by Gasteiger charge is -2.31. The molecule has 12 rings (SSSR count). The molecule has 0 amide bonds. The Morgan fingerprint density at radius 1 is 0.434 bits per heavy atom. The lowest BCUT2D eigenvalue weighted by molar-refractivity contribution is -0.548. The van der Waals surface area contributed by atoms with E-state index >= 15 is 0 Å². The molecule has 6 saturated heterocycles. The summed E-state index contributed by atoms with van der Waals surface area (Å²) in [5.74, 6) is 3.60. The standard InChI is InChI=1S/C15H26N3O3P.C14H23IN3O3P.C14H28N4O3P.2C14H24N3O3P.C13H23N4O3P/c1-9-8-18(10(2)17-14(9)16)15-13(20)12(19)11(21-15)6-7-22(3,4)5;1-8-17-13(16)9(15)7-18(8)14-12(20)11(19)10(21-14)5-6-22(2,3)4;1-9-16-14(15)17(2)8-18(9)13-12(20)11(19)10(21-13)6-7-22(3,4)5;1-9-16-11(15)5-7-17(9)14-13(19)12(18)10(20-14)6-8-21(2,3)4;1-8-9(7-16-14(15)17-8)13-12(19)11(18)10(20-13)5-6-21(2,3)4;1-8-16-10(14)7-15-17(8)13-12(19)11(18)9(20-13)5-6-21(2,3)4/h8,11-13,15,19-20H,2-3,6-7H2,1,4-5H3,(H2,16,17);7,10-12,14,19-20H,1-2,5-6H2,3-4H3,(H2,16,17);8,10-14,16,19-20H,1,3,6-7,15H2,2,4-5H3;5,7,10,12-14,18-19H,1-2,6,8H2,3-4H3,(H2,15,16);7,10-13,18-19H,1-2,5-6H2,3-4H3,(H3,15,16,17);7,9,11-13,18-19H,1-2,5-6H2,3-4H3,(H2,14,16)/q;;+1;;;. The fraction of sp³-hybridized carbons (Fsp3) is 0.607. The van der Waals surface area contributed by atoms with Crippen LogP contribution in [0, 0.1) is 0 Å². The first kappa shape index (κ1) is 110. The van der Waals surface area contributed by atoms with Crippen LogP contribution < -0.4 is 45.0 Å². The lowest BCUT2D eigenvalue weighted by atomic mass is 9.99. The van der Waals surface area contributed by atoms with E-state index < -0.39 is 188 Å². The smallest absolute Gasteiger partial charge is 0.245 e. The van der Waals surface area contributed by atoms with Gasteiger partial charge in [0, 0.05) is 41.6 Å². The lowest BCUT2D eigenvalue weighted by Crippen LogP contribution is -2.58. The molecule has 12 aliphatic heterocycles. The van der Waals surface area contributed by atoms with Crippen LogP contribution >= 0.6 is 63.9 Å². The fourth-order valence-electron chi connectivity index (χ4n) is 14.6. The Morgan fingerprint density at radius 2 is 0.767 bits per heavy atom. The van der Waals surface area contributed by atoms with Gasteiger partial charge in [-0.15, -0.1) is 79.1 Å². The number of rotatable bonds is 24. The van der Waals surface area contributed by atoms with Crippen LogP contribution in [0.5, 0.6) is 0 Å². The van der Waals surface area contributed by atoms with Gasteiger partial charge in [0.1, 0.15) is 126 Å². The monoisotopic (exact) mass is 2040 g/mol. The molecule has 12 heterocycles. The zero-order chi connectivity index (χ0) is 97.3. The average Bonchev–Trinajstić information content (AvgIpc) is 1.70. The minimum absolute atomic E-state index is 0.240. The van der Waals surface area contributed by atoms with Crippen molar-refractivity contribution in [2.75, 3.05) is 124 Å². The van der Waals surface area contributed by atoms with E-state index in [9.17, 15) is 61.3 Å². The highest BCUT2D eigenvalue weighted by atomic mass is 127. The van der Waals surface area contributed by atoms with E-state index in [0.29, 0.717) is 90.6 Å². The molecule has 0 aliphatic carbocycles. The van der Waals surface area contributed by atoms with Crippen molar-refractivity contribution in [3.05, 3.63) is 120 Å². The van der Waals surface area contributed by atoms with Gasteiger partial charge >= 0.3 is 0 Å². The van der Waals surface area contributed by atoms with Gasteiger partial charge in [-0.3, -0.25) is 5.73 Å². The van der Waals surface area contributed by atoms with E-state index in [1.807, 2.05) is 14.0 Å². The van der Waals surface area contributed by atoms with Crippen molar-refractivity contribution >= 4 is 144 Å². The number of nitrogens with two attached hydrogens (primary N) is 6. The summed E-state index contributed by atoms with van der Waals surface area (Å²) < 4.78 is 37.5. The van der Waals surface area contributed by atoms with Gasteiger partial charge in [-0.1, -0.05) is 32.9 Å². The molecule has 0 aromatic carbocycles. The molecule has 12 aliphatic rings. The van der Waals surface area contributed by atoms with E-state index in [4.69, 9.17) is 62.8 Å². The normalized spacial score (nSPS) is 33.8. The summed E-state index contributed by atoms with van der Waals surface area (Å²) in [5, 5.41) is 134. The van der Waals surface area contributed by atoms with Crippen LogP contribution in [0.1, 0.15) is 45.4 Å². The molecule has 728 valence electrons. The molecule has 0 radical (unpaired) electrons. The Hall–Kier alpha value is -5.54. The van der Waals surface area contributed by atoms with Gasteiger partial charge in [-0.05, 0) is 198 Å². The summed E-state index contributed by atoms with van der Waals surface area (Å²) in [4.78, 5) is 26.8. The van der Waals surface area contributed by atoms with E-state index in [1.54, 1.807) is 55.2 Å². The van der Waals surface area contributed by atoms with Crippen LogP contribution in [-0.2, 0) is 28.4 Å². The van der Waals surface area contributed by atoms with Crippen LogP contribution in [0.3, 0.4) is 0 Å². The first-order chi connectivity index (χ1) is 59.4. The quantitative estimate of drug-likeness (QED) is 0.0346. The highest BCUT2D eigenvalue weighted by molar-refractivity contribution is 14.1. The number of halogens is 1. The van der Waals surface area contributed by atoms with E-state index in [0.717, 1.165) is 46.1 Å². The molecule has 0 spiro atoms. The number of nitrogens with zero attached hydrogens (tertiary/aromatic N) is 12. The third-order valence-corrected chi connectivity index (χ3v) is 31.9. The van der Waals surface area contributed by atoms with Gasteiger partial charge in [0.2, 0.25) is 18.9 Å². The largest absolute Gasteiger partial charge is 0.388 e. The second-order valence-electron chi connectivity index (χ2n) is 38.1. The summed E-state index contributed by atoms with van der Waals surface area (Å²) in [7, 11) is 1.81. The molecule has 6 fully saturated rings. The number of nitrogens with one attached hydrogen (secondary N) is 2. The van der Waals surface area contributed by atoms with Gasteiger partial charge in [0.25, 0.3) is 0 Å². The topological polar surface area (TPSA) is 572 Å². The maximum Gasteiger partial charge on any atom is 0.245 e. The van der Waals surface area contributed by atoms with Crippen molar-refractivity contribution in [1.82, 2.24) is 35.2 Å². The molecule has 26 N–H and O–H groups in total. The van der Waals surface area contributed by atoms with Gasteiger partial charge < -0.3 is 144 Å². The van der Waals surface area contributed by atoms with Crippen LogP contribution in [0.4, 0.5) is 0 Å². The second-order valence-corrected chi connectivity index (χ2v) is 65.1. The minimum Gasteiger partial charge on any atom is -0.388 e. The molecule has 0 bridgehead atoms. The molecule has 0 aromatic heterocycles. The minimum atomic E-state index is -1.21. The number of hydrazone groups is 1. The van der Waals surface area contributed by atoms with Crippen molar-refractivity contribution in [2.45, 2.75) is 199 Å². The van der Waals surface area contributed by atoms with Gasteiger partial charge in [0.15, 0.2) is 36.7 Å². The number of aliphatic hydroxyl groups is 12. The van der Waals surface area contributed by atoms with Crippen molar-refractivity contribution < 1.29 is 94.3 Å². The van der Waals surface area contributed by atoms with Crippen molar-refractivity contribution in [2.24, 2.45) is 64.5 Å². The Balaban J connectivity index is 0.000000212. The van der Waals surface area contributed by atoms with Gasteiger partial charge in [0.05, 0.1) is 53.5 Å². The van der Waals surface area contributed by atoms with E-state index in [2.05, 4.69) is 221 Å². The zero-order valence-electron chi connectivity index (χ0n) is 77.2. The fourth-order valence-corrected chi connectivity index (χ4v) is 20.8. The third-order valence-electron chi connectivity index (χ3n) is 22.3. The Morgan fingerprint density at radius 3 is 1.15 bits per heavy atom. The number of hydrogen-bond donors (Lipinski definition) is 20. The number of aliphatic hydroxyl groups excluding tert-OH is 12. The summed E-state index contributed by atoms with van der Waals surface area (Å²) in [6.07, 6.45) is 26.8. The summed E-state index contributed by atoms with van der Waals surface area (Å²) in [6, 6.07) is 0. The molecule has 45 heteroatoms.